The summed E-state index contributed by atoms with van der Waals surface area (Å²) in [6, 6.07) is 15.7. The Hall–Kier alpha value is -4.40. The van der Waals surface area contributed by atoms with Crippen LogP contribution in [0.4, 0.5) is 5.69 Å². The quantitative estimate of drug-likeness (QED) is 0.283. The summed E-state index contributed by atoms with van der Waals surface area (Å²) in [5.74, 6) is -0.0000911. The number of furan rings is 1. The van der Waals surface area contributed by atoms with Crippen molar-refractivity contribution in [2.45, 2.75) is 0 Å². The number of carbonyl (C=O) groups is 1. The van der Waals surface area contributed by atoms with Crippen LogP contribution in [0.2, 0.25) is 0 Å². The third-order valence-electron chi connectivity index (χ3n) is 4.75. The van der Waals surface area contributed by atoms with Crippen LogP contribution in [0, 0.1) is 10.1 Å². The zero-order chi connectivity index (χ0) is 22.0. The molecule has 31 heavy (non-hydrogen) atoms. The molecule has 1 amide bonds. The largest absolute Gasteiger partial charge is 0.493 e. The van der Waals surface area contributed by atoms with Crippen LogP contribution < -0.4 is 14.9 Å². The summed E-state index contributed by atoms with van der Waals surface area (Å²) in [5.41, 5.74) is 2.80. The Bertz CT molecular complexity index is 1340. The summed E-state index contributed by atoms with van der Waals surface area (Å²) in [7, 11) is 2.80. The number of hydrazone groups is 1. The Labute approximate surface area is 176 Å². The number of amides is 1. The molecule has 0 unspecified atom stereocenters. The molecule has 4 aromatic rings. The molecular formula is C22H17N3O6. The fourth-order valence-corrected chi connectivity index (χ4v) is 3.27. The van der Waals surface area contributed by atoms with Crippen LogP contribution in [0.5, 0.6) is 11.5 Å². The normalized spacial score (nSPS) is 11.2. The van der Waals surface area contributed by atoms with Crippen LogP contribution in [-0.4, -0.2) is 31.3 Å². The molecule has 0 radical (unpaired) electrons. The van der Waals surface area contributed by atoms with E-state index in [0.717, 1.165) is 22.4 Å². The number of rotatable bonds is 6. The first-order chi connectivity index (χ1) is 15.0. The molecule has 3 aromatic carbocycles. The maximum Gasteiger partial charge on any atom is 0.307 e. The molecule has 1 heterocycles. The van der Waals surface area contributed by atoms with Crippen molar-refractivity contribution in [3.8, 4) is 11.5 Å². The van der Waals surface area contributed by atoms with Gasteiger partial charge in [0, 0.05) is 5.39 Å². The van der Waals surface area contributed by atoms with Gasteiger partial charge in [-0.3, -0.25) is 14.9 Å². The number of nitrogens with one attached hydrogen (secondary N) is 1. The van der Waals surface area contributed by atoms with Crippen LogP contribution in [-0.2, 0) is 0 Å². The van der Waals surface area contributed by atoms with Crippen molar-refractivity contribution in [2.75, 3.05) is 14.2 Å². The number of hydrogen-bond acceptors (Lipinski definition) is 7. The van der Waals surface area contributed by atoms with Gasteiger partial charge < -0.3 is 13.9 Å². The summed E-state index contributed by atoms with van der Waals surface area (Å²) in [6.07, 6.45) is 1.16. The predicted octanol–water partition coefficient (Wildman–Crippen LogP) is 4.28. The number of nitrogens with zero attached hydrogens (tertiary/aromatic N) is 2. The van der Waals surface area contributed by atoms with Gasteiger partial charge in [0.2, 0.25) is 0 Å². The summed E-state index contributed by atoms with van der Waals surface area (Å²) in [4.78, 5) is 23.3. The average Bonchev–Trinajstić information content (AvgIpc) is 3.23. The first kappa shape index (κ1) is 19.9. The second-order valence-electron chi connectivity index (χ2n) is 6.53. The van der Waals surface area contributed by atoms with E-state index in [-0.39, 0.29) is 22.8 Å². The van der Waals surface area contributed by atoms with Gasteiger partial charge in [0.15, 0.2) is 17.3 Å². The summed E-state index contributed by atoms with van der Waals surface area (Å²) in [5, 5.41) is 18.0. The molecule has 0 aliphatic carbocycles. The van der Waals surface area contributed by atoms with Crippen molar-refractivity contribution < 1.29 is 23.6 Å². The van der Waals surface area contributed by atoms with Crippen LogP contribution in [0.3, 0.4) is 0 Å². The number of carbonyl (C=O) groups excluding carboxylic acids is 1. The molecule has 9 heteroatoms. The van der Waals surface area contributed by atoms with E-state index >= 15 is 0 Å². The fraction of sp³-hybridized carbons (Fsp3) is 0.0909. The predicted molar refractivity (Wildman–Crippen MR) is 115 cm³/mol. The summed E-state index contributed by atoms with van der Waals surface area (Å²) in [6.45, 7) is 0. The first-order valence-electron chi connectivity index (χ1n) is 9.17. The van der Waals surface area contributed by atoms with Gasteiger partial charge in [-0.15, -0.1) is 0 Å². The Kier molecular flexibility index (Phi) is 5.23. The molecule has 1 aromatic heterocycles. The van der Waals surface area contributed by atoms with Gasteiger partial charge in [0.25, 0.3) is 5.69 Å². The highest BCUT2D eigenvalue weighted by Crippen LogP contribution is 2.33. The Morgan fingerprint density at radius 3 is 2.55 bits per heavy atom. The van der Waals surface area contributed by atoms with E-state index in [1.165, 1.54) is 26.4 Å². The highest BCUT2D eigenvalue weighted by molar-refractivity contribution is 6.08. The van der Waals surface area contributed by atoms with E-state index in [2.05, 4.69) is 10.5 Å². The molecular weight excluding hydrogens is 402 g/mol. The van der Waals surface area contributed by atoms with Crippen LogP contribution in [0.1, 0.15) is 16.1 Å². The van der Waals surface area contributed by atoms with Crippen molar-refractivity contribution in [3.05, 3.63) is 76.0 Å². The SMILES string of the molecule is COc1cc(/C=N\NC(=O)c2cc3c(ccc4ccccc43)o2)c([N+](=O)[O-])cc1OC. The molecule has 9 nitrogen and oxygen atoms in total. The van der Waals surface area contributed by atoms with Crippen LogP contribution >= 0.6 is 0 Å². The van der Waals surface area contributed by atoms with E-state index in [4.69, 9.17) is 13.9 Å². The Morgan fingerprint density at radius 1 is 1.06 bits per heavy atom. The molecule has 4 rings (SSSR count). The number of fused-ring (bicyclic) bond motifs is 3. The van der Waals surface area contributed by atoms with Gasteiger partial charge in [-0.2, -0.15) is 5.10 Å². The van der Waals surface area contributed by atoms with Crippen molar-refractivity contribution in [1.29, 1.82) is 0 Å². The second kappa shape index (κ2) is 8.15. The molecule has 0 bridgehead atoms. The number of hydrogen-bond donors (Lipinski definition) is 1. The van der Waals surface area contributed by atoms with E-state index in [1.54, 1.807) is 12.1 Å². The minimum atomic E-state index is -0.584. The molecule has 156 valence electrons. The van der Waals surface area contributed by atoms with Crippen molar-refractivity contribution in [2.24, 2.45) is 5.10 Å². The van der Waals surface area contributed by atoms with Crippen LogP contribution in [0.25, 0.3) is 21.7 Å². The Balaban J connectivity index is 1.60. The lowest BCUT2D eigenvalue weighted by Gasteiger charge is -2.08. The maximum atomic E-state index is 12.5. The Morgan fingerprint density at radius 2 is 1.81 bits per heavy atom. The first-order valence-corrected chi connectivity index (χ1v) is 9.17. The lowest BCUT2D eigenvalue weighted by molar-refractivity contribution is -0.385. The van der Waals surface area contributed by atoms with Gasteiger partial charge in [-0.05, 0) is 29.0 Å². The standard InChI is InChI=1S/C22H17N3O6/c1-29-19-9-14(17(25(27)28)11-20(19)30-2)12-23-24-22(26)21-10-16-15-6-4-3-5-13(15)7-8-18(16)31-21/h3-12H,1-2H3,(H,24,26)/b23-12-. The molecule has 0 aliphatic heterocycles. The van der Waals surface area contributed by atoms with E-state index in [1.807, 2.05) is 30.3 Å². The third-order valence-corrected chi connectivity index (χ3v) is 4.75. The molecule has 0 fully saturated rings. The lowest BCUT2D eigenvalue weighted by Crippen LogP contribution is -2.16. The van der Waals surface area contributed by atoms with E-state index in [9.17, 15) is 14.9 Å². The molecule has 0 atom stereocenters. The van der Waals surface area contributed by atoms with Gasteiger partial charge in [-0.1, -0.05) is 30.3 Å². The molecule has 1 N–H and O–H groups in total. The topological polar surface area (TPSA) is 116 Å². The van der Waals surface area contributed by atoms with E-state index < -0.39 is 10.8 Å². The van der Waals surface area contributed by atoms with Crippen molar-refractivity contribution in [3.63, 3.8) is 0 Å². The van der Waals surface area contributed by atoms with Gasteiger partial charge in [0.1, 0.15) is 5.58 Å². The number of nitro benzene ring substituents is 1. The highest BCUT2D eigenvalue weighted by atomic mass is 16.6. The minimum absolute atomic E-state index is 0.0744. The van der Waals surface area contributed by atoms with Gasteiger partial charge >= 0.3 is 5.91 Å². The molecule has 0 saturated carbocycles. The second-order valence-corrected chi connectivity index (χ2v) is 6.53. The summed E-state index contributed by atoms with van der Waals surface area (Å²) >= 11 is 0. The van der Waals surface area contributed by atoms with Gasteiger partial charge in [0.05, 0.1) is 37.0 Å². The molecule has 0 spiro atoms. The number of nitro groups is 1. The molecule has 0 saturated heterocycles. The monoisotopic (exact) mass is 419 g/mol. The number of methoxy groups -OCH3 is 2. The maximum absolute atomic E-state index is 12.5. The zero-order valence-electron chi connectivity index (χ0n) is 16.6. The fourth-order valence-electron chi connectivity index (χ4n) is 3.27. The summed E-state index contributed by atoms with van der Waals surface area (Å²) < 4.78 is 15.9. The highest BCUT2D eigenvalue weighted by Gasteiger charge is 2.19. The molecule has 0 aliphatic rings. The van der Waals surface area contributed by atoms with Crippen LogP contribution in [0.15, 0.2) is 64.1 Å². The zero-order valence-corrected chi connectivity index (χ0v) is 16.6. The van der Waals surface area contributed by atoms with Crippen molar-refractivity contribution >= 4 is 39.6 Å². The van der Waals surface area contributed by atoms with Crippen molar-refractivity contribution in [1.82, 2.24) is 5.43 Å². The average molecular weight is 419 g/mol. The van der Waals surface area contributed by atoms with E-state index in [0.29, 0.717) is 11.3 Å². The lowest BCUT2D eigenvalue weighted by atomic mass is 10.1. The van der Waals surface area contributed by atoms with Gasteiger partial charge in [-0.25, -0.2) is 5.43 Å². The minimum Gasteiger partial charge on any atom is -0.493 e. The number of benzene rings is 3. The number of ether oxygens (including phenoxy) is 2. The smallest absolute Gasteiger partial charge is 0.307 e. The third kappa shape index (κ3) is 3.76.